The number of phenols is 2. The van der Waals surface area contributed by atoms with Gasteiger partial charge in [0, 0.05) is 16.5 Å². The molecule has 0 aliphatic rings. The van der Waals surface area contributed by atoms with E-state index in [0.717, 1.165) is 5.56 Å². The molecule has 0 saturated carbocycles. The number of para-hydroxylation sites is 2. The summed E-state index contributed by atoms with van der Waals surface area (Å²) in [5.41, 5.74) is 5.86. The van der Waals surface area contributed by atoms with Gasteiger partial charge < -0.3 is 14.9 Å². The van der Waals surface area contributed by atoms with Crippen molar-refractivity contribution >= 4 is 22.5 Å². The van der Waals surface area contributed by atoms with Gasteiger partial charge >= 0.3 is 0 Å². The number of hydrazone groups is 1. The van der Waals surface area contributed by atoms with Crippen molar-refractivity contribution in [2.24, 2.45) is 5.10 Å². The standard InChI is InChI=1S/C28H27N3O4/c1-4-23(22-15-18(32)13-14-26(22)33)30-31-28(34)21-16-25(29-24-11-7-5-9-19(21)24)20-10-6-8-12-27(20)35-17(2)3/h5-17,32-33H,4H2,1-3H3,(H,31,34). The Labute approximate surface area is 203 Å². The van der Waals surface area contributed by atoms with Crippen LogP contribution in [-0.2, 0) is 0 Å². The molecule has 1 heterocycles. The number of benzene rings is 3. The van der Waals surface area contributed by atoms with Crippen molar-refractivity contribution in [3.05, 3.63) is 83.9 Å². The molecule has 0 fully saturated rings. The minimum Gasteiger partial charge on any atom is -0.508 e. The van der Waals surface area contributed by atoms with Crippen molar-refractivity contribution in [3.8, 4) is 28.5 Å². The van der Waals surface area contributed by atoms with Crippen LogP contribution >= 0.6 is 0 Å². The lowest BCUT2D eigenvalue weighted by Crippen LogP contribution is -2.20. The summed E-state index contributed by atoms with van der Waals surface area (Å²) < 4.78 is 5.97. The van der Waals surface area contributed by atoms with Crippen molar-refractivity contribution in [3.63, 3.8) is 0 Å². The Kier molecular flexibility index (Phi) is 6.96. The van der Waals surface area contributed by atoms with Crippen LogP contribution in [0.4, 0.5) is 0 Å². The van der Waals surface area contributed by atoms with Gasteiger partial charge in [0.2, 0.25) is 0 Å². The molecule has 0 aliphatic heterocycles. The average molecular weight is 470 g/mol. The summed E-state index contributed by atoms with van der Waals surface area (Å²) in [5.74, 6) is 0.230. The average Bonchev–Trinajstić information content (AvgIpc) is 2.85. The lowest BCUT2D eigenvalue weighted by molar-refractivity contribution is 0.0956. The molecule has 4 aromatic rings. The molecule has 7 nitrogen and oxygen atoms in total. The predicted molar refractivity (Wildman–Crippen MR) is 137 cm³/mol. The number of pyridine rings is 1. The van der Waals surface area contributed by atoms with E-state index < -0.39 is 5.91 Å². The van der Waals surface area contributed by atoms with Crippen molar-refractivity contribution < 1.29 is 19.7 Å². The van der Waals surface area contributed by atoms with Gasteiger partial charge in [0.1, 0.15) is 17.2 Å². The van der Waals surface area contributed by atoms with E-state index in [2.05, 4.69) is 10.5 Å². The van der Waals surface area contributed by atoms with Crippen LogP contribution in [0.2, 0.25) is 0 Å². The molecular formula is C28H27N3O4. The first-order valence-electron chi connectivity index (χ1n) is 11.4. The van der Waals surface area contributed by atoms with E-state index in [0.29, 0.717) is 45.6 Å². The number of nitrogens with zero attached hydrogens (tertiary/aromatic N) is 2. The summed E-state index contributed by atoms with van der Waals surface area (Å²) in [6, 6.07) is 20.9. The molecule has 0 atom stereocenters. The molecule has 0 aliphatic carbocycles. The molecule has 0 saturated heterocycles. The summed E-state index contributed by atoms with van der Waals surface area (Å²) in [5, 5.41) is 24.9. The number of aromatic nitrogens is 1. The van der Waals surface area contributed by atoms with E-state index in [4.69, 9.17) is 9.72 Å². The van der Waals surface area contributed by atoms with Crippen LogP contribution in [0.1, 0.15) is 43.1 Å². The minimum atomic E-state index is -0.419. The quantitative estimate of drug-likeness (QED) is 0.184. The van der Waals surface area contributed by atoms with Gasteiger partial charge in [0.15, 0.2) is 0 Å². The number of phenolic OH excluding ortho intramolecular Hbond substituents is 2. The second-order valence-corrected chi connectivity index (χ2v) is 8.29. The third-order valence-electron chi connectivity index (χ3n) is 5.40. The highest BCUT2D eigenvalue weighted by Gasteiger charge is 2.17. The lowest BCUT2D eigenvalue weighted by Gasteiger charge is -2.15. The van der Waals surface area contributed by atoms with Crippen molar-refractivity contribution in [2.75, 3.05) is 0 Å². The van der Waals surface area contributed by atoms with Crippen LogP contribution in [0.25, 0.3) is 22.2 Å². The number of carbonyl (C=O) groups excluding carboxylic acids is 1. The molecular weight excluding hydrogens is 442 g/mol. The summed E-state index contributed by atoms with van der Waals surface area (Å²) in [4.78, 5) is 18.1. The van der Waals surface area contributed by atoms with Gasteiger partial charge in [0.25, 0.3) is 5.91 Å². The Morgan fingerprint density at radius 1 is 1.00 bits per heavy atom. The largest absolute Gasteiger partial charge is 0.508 e. The van der Waals surface area contributed by atoms with Crippen LogP contribution in [0, 0.1) is 0 Å². The van der Waals surface area contributed by atoms with Crippen molar-refractivity contribution in [2.45, 2.75) is 33.3 Å². The first-order chi connectivity index (χ1) is 16.9. The molecule has 0 bridgehead atoms. The van der Waals surface area contributed by atoms with Gasteiger partial charge in [-0.15, -0.1) is 0 Å². The fourth-order valence-corrected chi connectivity index (χ4v) is 3.80. The Morgan fingerprint density at radius 3 is 2.51 bits per heavy atom. The third kappa shape index (κ3) is 5.24. The molecule has 1 aromatic heterocycles. The van der Waals surface area contributed by atoms with Crippen molar-refractivity contribution in [1.29, 1.82) is 0 Å². The van der Waals surface area contributed by atoms with Crippen LogP contribution in [0.15, 0.2) is 77.9 Å². The maximum Gasteiger partial charge on any atom is 0.272 e. The molecule has 0 unspecified atom stereocenters. The molecule has 3 aromatic carbocycles. The van der Waals surface area contributed by atoms with Gasteiger partial charge in [0.05, 0.1) is 28.6 Å². The lowest BCUT2D eigenvalue weighted by atomic mass is 10.0. The normalized spacial score (nSPS) is 11.6. The summed E-state index contributed by atoms with van der Waals surface area (Å²) in [6.45, 7) is 5.76. The molecule has 0 spiro atoms. The Hall–Kier alpha value is -4.39. The van der Waals surface area contributed by atoms with Gasteiger partial charge in [-0.3, -0.25) is 4.79 Å². The second kappa shape index (κ2) is 10.3. The third-order valence-corrected chi connectivity index (χ3v) is 5.40. The maximum atomic E-state index is 13.3. The first kappa shape index (κ1) is 23.8. The van der Waals surface area contributed by atoms with Gasteiger partial charge in [-0.1, -0.05) is 37.3 Å². The summed E-state index contributed by atoms with van der Waals surface area (Å²) >= 11 is 0. The number of hydrogen-bond donors (Lipinski definition) is 3. The number of fused-ring (bicyclic) bond motifs is 1. The van der Waals surface area contributed by atoms with E-state index in [1.807, 2.05) is 69.3 Å². The number of amides is 1. The Balaban J connectivity index is 1.76. The number of ether oxygens (including phenoxy) is 1. The van der Waals surface area contributed by atoms with E-state index in [1.54, 1.807) is 6.07 Å². The van der Waals surface area contributed by atoms with E-state index in [-0.39, 0.29) is 17.6 Å². The van der Waals surface area contributed by atoms with Gasteiger partial charge in [-0.25, -0.2) is 10.4 Å². The highest BCUT2D eigenvalue weighted by Crippen LogP contribution is 2.32. The van der Waals surface area contributed by atoms with Crippen LogP contribution in [0.3, 0.4) is 0 Å². The highest BCUT2D eigenvalue weighted by molar-refractivity contribution is 6.09. The smallest absolute Gasteiger partial charge is 0.272 e. The number of hydrogen-bond acceptors (Lipinski definition) is 6. The molecule has 178 valence electrons. The van der Waals surface area contributed by atoms with Crippen LogP contribution in [0.5, 0.6) is 17.2 Å². The van der Waals surface area contributed by atoms with Gasteiger partial charge in [-0.2, -0.15) is 5.10 Å². The predicted octanol–water partition coefficient (Wildman–Crippen LogP) is 5.64. The Bertz CT molecular complexity index is 1410. The van der Waals surface area contributed by atoms with Crippen LogP contribution in [-0.4, -0.2) is 32.9 Å². The zero-order chi connectivity index (χ0) is 24.9. The van der Waals surface area contributed by atoms with E-state index in [1.165, 1.54) is 18.2 Å². The fraction of sp³-hybridized carbons (Fsp3) is 0.179. The van der Waals surface area contributed by atoms with Crippen molar-refractivity contribution in [1.82, 2.24) is 10.4 Å². The molecule has 3 N–H and O–H groups in total. The molecule has 4 rings (SSSR count). The SMILES string of the molecule is CCC(=NNC(=O)c1cc(-c2ccccc2OC(C)C)nc2ccccc12)c1cc(O)ccc1O. The summed E-state index contributed by atoms with van der Waals surface area (Å²) in [6.07, 6.45) is 0.412. The van der Waals surface area contributed by atoms with Crippen LogP contribution < -0.4 is 10.2 Å². The minimum absolute atomic E-state index is 0.00247. The monoisotopic (exact) mass is 469 g/mol. The first-order valence-corrected chi connectivity index (χ1v) is 11.4. The second-order valence-electron chi connectivity index (χ2n) is 8.29. The zero-order valence-corrected chi connectivity index (χ0v) is 19.8. The molecule has 1 amide bonds. The van der Waals surface area contributed by atoms with E-state index in [9.17, 15) is 15.0 Å². The molecule has 7 heteroatoms. The zero-order valence-electron chi connectivity index (χ0n) is 19.8. The van der Waals surface area contributed by atoms with Gasteiger partial charge in [-0.05, 0) is 62.7 Å². The number of nitrogens with one attached hydrogen (secondary N) is 1. The number of aromatic hydroxyl groups is 2. The maximum absolute atomic E-state index is 13.3. The summed E-state index contributed by atoms with van der Waals surface area (Å²) in [7, 11) is 0. The van der Waals surface area contributed by atoms with E-state index >= 15 is 0 Å². The highest BCUT2D eigenvalue weighted by atomic mass is 16.5. The Morgan fingerprint density at radius 2 is 1.74 bits per heavy atom. The topological polar surface area (TPSA) is 104 Å². The number of carbonyl (C=O) groups is 1. The fourth-order valence-electron chi connectivity index (χ4n) is 3.80. The number of rotatable bonds is 7. The molecule has 0 radical (unpaired) electrons. The molecule has 35 heavy (non-hydrogen) atoms.